The van der Waals surface area contributed by atoms with Gasteiger partial charge in [0.15, 0.2) is 11.5 Å². The number of aromatic nitrogens is 3. The predicted octanol–water partition coefficient (Wildman–Crippen LogP) is 2.54. The molecule has 3 rings (SSSR count). The van der Waals surface area contributed by atoms with Gasteiger partial charge >= 0.3 is 0 Å². The Kier molecular flexibility index (Phi) is 5.14. The van der Waals surface area contributed by atoms with Crippen molar-refractivity contribution < 1.29 is 14.1 Å². The van der Waals surface area contributed by atoms with Gasteiger partial charge in [-0.2, -0.15) is 0 Å². The van der Waals surface area contributed by atoms with E-state index >= 15 is 0 Å². The Hall–Kier alpha value is -2.67. The summed E-state index contributed by atoms with van der Waals surface area (Å²) >= 11 is 0. The number of nitrogens with one attached hydrogen (secondary N) is 1. The van der Waals surface area contributed by atoms with Crippen LogP contribution in [0.5, 0.6) is 0 Å². The van der Waals surface area contributed by atoms with Crippen LogP contribution in [0.3, 0.4) is 0 Å². The molecule has 0 saturated carbocycles. The molecule has 0 saturated heterocycles. The zero-order valence-electron chi connectivity index (χ0n) is 14.7. The van der Waals surface area contributed by atoms with E-state index < -0.39 is 0 Å². The van der Waals surface area contributed by atoms with E-state index in [9.17, 15) is 4.79 Å². The maximum Gasteiger partial charge on any atom is 0.273 e. The number of rotatable bonds is 7. The number of methoxy groups -OCH3 is 1. The molecule has 0 aliphatic heterocycles. The molecular formula is C18H22N4O3. The third-order valence-corrected chi connectivity index (χ3v) is 4.15. The van der Waals surface area contributed by atoms with Gasteiger partial charge < -0.3 is 19.1 Å². The summed E-state index contributed by atoms with van der Waals surface area (Å²) in [7, 11) is 1.61. The summed E-state index contributed by atoms with van der Waals surface area (Å²) in [6.07, 6.45) is 0.782. The minimum atomic E-state index is -0.258. The number of fused-ring (bicyclic) bond motifs is 1. The van der Waals surface area contributed by atoms with Crippen molar-refractivity contribution >= 4 is 16.9 Å². The Morgan fingerprint density at radius 1 is 1.40 bits per heavy atom. The van der Waals surface area contributed by atoms with Crippen LogP contribution in [0.2, 0.25) is 0 Å². The highest BCUT2D eigenvalue weighted by molar-refractivity contribution is 5.92. The van der Waals surface area contributed by atoms with E-state index in [2.05, 4.69) is 15.5 Å². The molecule has 7 nitrogen and oxygen atoms in total. The molecule has 7 heteroatoms. The number of benzene rings is 1. The number of nitrogens with zero attached hydrogens (tertiary/aromatic N) is 3. The monoisotopic (exact) mass is 342 g/mol. The summed E-state index contributed by atoms with van der Waals surface area (Å²) in [6, 6.07) is 9.54. The Balaban J connectivity index is 1.75. The van der Waals surface area contributed by atoms with Gasteiger partial charge in [-0.25, -0.2) is 4.98 Å². The Bertz CT molecular complexity index is 868. The first-order chi connectivity index (χ1) is 12.1. The SMILES string of the molecule is CC[C@H](COC)NC(=O)c1cc(Cn2c(C)nc3ccccc32)on1. The molecule has 0 spiro atoms. The molecule has 0 unspecified atom stereocenters. The lowest BCUT2D eigenvalue weighted by Crippen LogP contribution is -2.37. The molecule has 0 fully saturated rings. The lowest BCUT2D eigenvalue weighted by atomic mass is 10.2. The van der Waals surface area contributed by atoms with Crippen molar-refractivity contribution in [1.29, 1.82) is 0 Å². The van der Waals surface area contributed by atoms with Crippen molar-refractivity contribution in [3.8, 4) is 0 Å². The summed E-state index contributed by atoms with van der Waals surface area (Å²) in [5.41, 5.74) is 2.23. The second kappa shape index (κ2) is 7.48. The van der Waals surface area contributed by atoms with Crippen LogP contribution in [-0.2, 0) is 11.3 Å². The fourth-order valence-corrected chi connectivity index (χ4v) is 2.77. The first-order valence-electron chi connectivity index (χ1n) is 8.29. The summed E-state index contributed by atoms with van der Waals surface area (Å²) in [4.78, 5) is 16.8. The molecule has 1 atom stereocenters. The molecule has 1 N–H and O–H groups in total. The molecule has 2 heterocycles. The van der Waals surface area contributed by atoms with E-state index in [0.717, 1.165) is 23.3 Å². The van der Waals surface area contributed by atoms with Gasteiger partial charge in [0.05, 0.1) is 30.2 Å². The fourth-order valence-electron chi connectivity index (χ4n) is 2.77. The molecule has 0 bridgehead atoms. The lowest BCUT2D eigenvalue weighted by molar-refractivity contribution is 0.0885. The van der Waals surface area contributed by atoms with Crippen LogP contribution in [0.1, 0.15) is 35.4 Å². The van der Waals surface area contributed by atoms with Crippen molar-refractivity contribution in [3.63, 3.8) is 0 Å². The van der Waals surface area contributed by atoms with E-state index in [1.807, 2.05) is 42.7 Å². The maximum absolute atomic E-state index is 12.3. The highest BCUT2D eigenvalue weighted by atomic mass is 16.5. The van der Waals surface area contributed by atoms with Crippen LogP contribution in [0.4, 0.5) is 0 Å². The van der Waals surface area contributed by atoms with Crippen molar-refractivity contribution in [2.24, 2.45) is 0 Å². The molecule has 132 valence electrons. The molecule has 1 amide bonds. The van der Waals surface area contributed by atoms with E-state index in [4.69, 9.17) is 9.26 Å². The highest BCUT2D eigenvalue weighted by Crippen LogP contribution is 2.17. The molecule has 0 aliphatic carbocycles. The number of ether oxygens (including phenoxy) is 1. The number of aryl methyl sites for hydroxylation is 1. The van der Waals surface area contributed by atoms with E-state index in [1.165, 1.54) is 0 Å². The van der Waals surface area contributed by atoms with E-state index in [-0.39, 0.29) is 17.6 Å². The molecule has 2 aromatic heterocycles. The zero-order valence-corrected chi connectivity index (χ0v) is 14.7. The normalized spacial score (nSPS) is 12.4. The van der Waals surface area contributed by atoms with Crippen molar-refractivity contribution in [2.45, 2.75) is 32.9 Å². The third-order valence-electron chi connectivity index (χ3n) is 4.15. The van der Waals surface area contributed by atoms with Crippen molar-refractivity contribution in [3.05, 3.63) is 47.6 Å². The minimum Gasteiger partial charge on any atom is -0.383 e. The summed E-state index contributed by atoms with van der Waals surface area (Å²) in [5, 5.41) is 6.78. The predicted molar refractivity (Wildman–Crippen MR) is 93.5 cm³/mol. The van der Waals surface area contributed by atoms with E-state index in [1.54, 1.807) is 13.2 Å². The van der Waals surface area contributed by atoms with Gasteiger partial charge in [-0.05, 0) is 25.5 Å². The van der Waals surface area contributed by atoms with Gasteiger partial charge in [0.2, 0.25) is 0 Å². The van der Waals surface area contributed by atoms with Crippen LogP contribution in [-0.4, -0.2) is 40.4 Å². The zero-order chi connectivity index (χ0) is 17.8. The number of hydrogen-bond donors (Lipinski definition) is 1. The smallest absolute Gasteiger partial charge is 0.273 e. The topological polar surface area (TPSA) is 82.2 Å². The molecule has 1 aromatic carbocycles. The second-order valence-electron chi connectivity index (χ2n) is 5.95. The Morgan fingerprint density at radius 3 is 2.96 bits per heavy atom. The first-order valence-corrected chi connectivity index (χ1v) is 8.29. The molecule has 0 radical (unpaired) electrons. The number of amides is 1. The minimum absolute atomic E-state index is 0.0440. The Morgan fingerprint density at radius 2 is 2.20 bits per heavy atom. The second-order valence-corrected chi connectivity index (χ2v) is 5.95. The van der Waals surface area contributed by atoms with Crippen LogP contribution < -0.4 is 5.32 Å². The summed E-state index contributed by atoms with van der Waals surface area (Å²) < 4.78 is 12.5. The van der Waals surface area contributed by atoms with Crippen molar-refractivity contribution in [1.82, 2.24) is 20.0 Å². The standard InChI is InChI=1S/C18H22N4O3/c1-4-13(11-24-3)20-18(23)16-9-14(25-21-16)10-22-12(2)19-15-7-5-6-8-17(15)22/h5-9,13H,4,10-11H2,1-3H3,(H,20,23)/t13-/m1/s1. The average molecular weight is 342 g/mol. The van der Waals surface area contributed by atoms with Gasteiger partial charge in [-0.15, -0.1) is 0 Å². The highest BCUT2D eigenvalue weighted by Gasteiger charge is 2.17. The van der Waals surface area contributed by atoms with Crippen LogP contribution >= 0.6 is 0 Å². The maximum atomic E-state index is 12.3. The Labute approximate surface area is 146 Å². The molecular weight excluding hydrogens is 320 g/mol. The number of hydrogen-bond acceptors (Lipinski definition) is 5. The largest absolute Gasteiger partial charge is 0.383 e. The summed E-state index contributed by atoms with van der Waals surface area (Å²) in [6.45, 7) is 4.88. The lowest BCUT2D eigenvalue weighted by Gasteiger charge is -2.14. The van der Waals surface area contributed by atoms with Gasteiger partial charge in [-0.1, -0.05) is 24.2 Å². The van der Waals surface area contributed by atoms with Crippen LogP contribution in [0.25, 0.3) is 11.0 Å². The van der Waals surface area contributed by atoms with Gasteiger partial charge in [-0.3, -0.25) is 4.79 Å². The van der Waals surface area contributed by atoms with Crippen LogP contribution in [0.15, 0.2) is 34.9 Å². The average Bonchev–Trinajstić information content (AvgIpc) is 3.20. The fraction of sp³-hybridized carbons (Fsp3) is 0.389. The number of carbonyl (C=O) groups excluding carboxylic acids is 1. The van der Waals surface area contributed by atoms with E-state index in [0.29, 0.717) is 18.9 Å². The number of para-hydroxylation sites is 2. The first kappa shape index (κ1) is 17.2. The van der Waals surface area contributed by atoms with Gasteiger partial charge in [0.1, 0.15) is 5.82 Å². The molecule has 3 aromatic rings. The summed E-state index contributed by atoms with van der Waals surface area (Å²) in [5.74, 6) is 1.23. The van der Waals surface area contributed by atoms with Crippen LogP contribution in [0, 0.1) is 6.92 Å². The van der Waals surface area contributed by atoms with Gasteiger partial charge in [0.25, 0.3) is 5.91 Å². The molecule has 25 heavy (non-hydrogen) atoms. The molecule has 0 aliphatic rings. The van der Waals surface area contributed by atoms with Gasteiger partial charge in [0, 0.05) is 13.2 Å². The number of carbonyl (C=O) groups is 1. The third kappa shape index (κ3) is 3.71. The quantitative estimate of drug-likeness (QED) is 0.713. The van der Waals surface area contributed by atoms with Crippen molar-refractivity contribution in [2.75, 3.05) is 13.7 Å². The number of imidazole rings is 1.